The van der Waals surface area contributed by atoms with Crippen molar-refractivity contribution in [3.8, 4) is 5.75 Å². The largest absolute Gasteiger partial charge is 0.524 e. The lowest BCUT2D eigenvalue weighted by molar-refractivity contribution is -0.145. The number of primary amides is 1. The molecular weight excluding hydrogens is 785 g/mol. The molecule has 0 aromatic heterocycles. The van der Waals surface area contributed by atoms with Gasteiger partial charge in [0.1, 0.15) is 23.9 Å². The summed E-state index contributed by atoms with van der Waals surface area (Å²) in [7, 11) is -4.69. The number of carbonyl (C=O) groups is 5. The van der Waals surface area contributed by atoms with E-state index in [0.29, 0.717) is 38.6 Å². The molecule has 1 unspecified atom stereocenters. The molecule has 0 aliphatic carbocycles. The molecule has 7 N–H and O–H groups in total. The molecule has 2 aliphatic rings. The van der Waals surface area contributed by atoms with Crippen LogP contribution in [0.2, 0.25) is 0 Å². The number of phosphoric ester groups is 1. The highest BCUT2D eigenvalue weighted by atomic mass is 31.2. The summed E-state index contributed by atoms with van der Waals surface area (Å²) in [6.45, 7) is 8.97. The summed E-state index contributed by atoms with van der Waals surface area (Å²) in [5.41, 5.74) is 6.10. The fourth-order valence-electron chi connectivity index (χ4n) is 8.01. The summed E-state index contributed by atoms with van der Waals surface area (Å²) in [5.74, 6) is -2.54. The summed E-state index contributed by atoms with van der Waals surface area (Å²) in [6, 6.07) is 3.33. The summed E-state index contributed by atoms with van der Waals surface area (Å²) in [6.07, 6.45) is 22.9. The van der Waals surface area contributed by atoms with Crippen LogP contribution >= 0.6 is 7.82 Å². The molecule has 2 saturated heterocycles. The van der Waals surface area contributed by atoms with E-state index in [1.807, 2.05) is 6.92 Å². The fraction of sp³-hybridized carbons (Fsp3) is 0.756. The van der Waals surface area contributed by atoms with Crippen molar-refractivity contribution in [2.24, 2.45) is 11.7 Å². The van der Waals surface area contributed by atoms with Gasteiger partial charge in [0.2, 0.25) is 29.5 Å². The zero-order chi connectivity index (χ0) is 44.3. The van der Waals surface area contributed by atoms with Crippen LogP contribution in [0.4, 0.5) is 0 Å². The Morgan fingerprint density at radius 3 is 1.92 bits per heavy atom. The molecule has 1 aromatic rings. The molecule has 60 heavy (non-hydrogen) atoms. The SMILES string of the molecule is CCCCCCCCCCCC.CCCCCCNC(=O)[C@H](CCC(N)=O)NC(=O)[C@@H]1CCC2CCCC[C@H](NC(=O)[C@@H](CC)Cc3ccc(OP(=O)(O)O)cc3)C(=O)N21. The minimum Gasteiger partial charge on any atom is -0.404 e. The second-order valence-electron chi connectivity index (χ2n) is 16.6. The molecular formula is C45H78N5O9P. The van der Waals surface area contributed by atoms with Gasteiger partial charge < -0.3 is 31.1 Å². The summed E-state index contributed by atoms with van der Waals surface area (Å²) < 4.78 is 15.7. The van der Waals surface area contributed by atoms with Crippen molar-refractivity contribution >= 4 is 37.4 Å². The average molecular weight is 864 g/mol. The maximum atomic E-state index is 14.0. The second-order valence-corrected chi connectivity index (χ2v) is 17.8. The van der Waals surface area contributed by atoms with Crippen molar-refractivity contribution in [2.45, 2.75) is 206 Å². The van der Waals surface area contributed by atoms with E-state index in [2.05, 4.69) is 41.2 Å². The van der Waals surface area contributed by atoms with Crippen molar-refractivity contribution in [1.29, 1.82) is 0 Å². The molecule has 5 amide bonds. The van der Waals surface area contributed by atoms with Gasteiger partial charge in [-0.05, 0) is 69.1 Å². The van der Waals surface area contributed by atoms with E-state index in [-0.39, 0.29) is 36.4 Å². The van der Waals surface area contributed by atoms with Crippen LogP contribution in [0.25, 0.3) is 0 Å². The number of rotatable bonds is 27. The lowest BCUT2D eigenvalue weighted by Crippen LogP contribution is -2.58. The molecule has 2 fully saturated rings. The molecule has 342 valence electrons. The highest BCUT2D eigenvalue weighted by Gasteiger charge is 2.44. The standard InChI is InChI=1S/C33H52N5O9P.C12H26/c1-3-5-6-9-20-35-31(41)26(17-19-29(34)39)36-32(42)28-18-14-24-10-7-8-11-27(33(43)38(24)28)37-30(40)23(4-2)21-22-12-15-25(16-13-22)47-48(44,45)46;1-3-5-7-9-11-12-10-8-6-4-2/h12-13,15-16,23-24,26-28H,3-11,14,17-21H2,1-2H3,(H2,34,39)(H,35,41)(H,36,42)(H,37,40)(H2,44,45,46);3-12H2,1-2H3/t23-,24?,26-,27-,28-;/m0./s1. The molecule has 0 bridgehead atoms. The average Bonchev–Trinajstić information content (AvgIpc) is 3.63. The normalized spacial score (nSPS) is 18.8. The first-order valence-electron chi connectivity index (χ1n) is 23.1. The van der Waals surface area contributed by atoms with Gasteiger partial charge in [-0.3, -0.25) is 33.8 Å². The third kappa shape index (κ3) is 20.9. The lowest BCUT2D eigenvalue weighted by atomic mass is 9.94. The molecule has 1 aromatic carbocycles. The molecule has 0 radical (unpaired) electrons. The molecule has 0 saturated carbocycles. The molecule has 5 atom stereocenters. The molecule has 2 heterocycles. The van der Waals surface area contributed by atoms with Gasteiger partial charge in [0, 0.05) is 24.9 Å². The number of nitrogens with one attached hydrogen (secondary N) is 3. The van der Waals surface area contributed by atoms with E-state index in [1.54, 1.807) is 17.0 Å². The topological polar surface area (TPSA) is 217 Å². The number of phosphoric acid groups is 1. The van der Waals surface area contributed by atoms with E-state index >= 15 is 0 Å². The second kappa shape index (κ2) is 29.7. The first-order valence-corrected chi connectivity index (χ1v) is 24.6. The Kier molecular flexibility index (Phi) is 26.1. The van der Waals surface area contributed by atoms with Crippen LogP contribution in [0.15, 0.2) is 24.3 Å². The van der Waals surface area contributed by atoms with Crippen LogP contribution in [0.5, 0.6) is 5.75 Å². The Morgan fingerprint density at radius 2 is 1.37 bits per heavy atom. The van der Waals surface area contributed by atoms with Crippen molar-refractivity contribution < 1.29 is 42.8 Å². The molecule has 2 aliphatic heterocycles. The predicted octanol–water partition coefficient (Wildman–Crippen LogP) is 7.52. The van der Waals surface area contributed by atoms with Gasteiger partial charge in [-0.1, -0.05) is 136 Å². The van der Waals surface area contributed by atoms with Gasteiger partial charge in [0.15, 0.2) is 0 Å². The summed E-state index contributed by atoms with van der Waals surface area (Å²) in [4.78, 5) is 85.3. The Hall–Kier alpha value is -3.48. The van der Waals surface area contributed by atoms with Crippen LogP contribution < -0.4 is 26.2 Å². The highest BCUT2D eigenvalue weighted by molar-refractivity contribution is 7.46. The van der Waals surface area contributed by atoms with Crippen LogP contribution in [-0.4, -0.2) is 74.9 Å². The Bertz CT molecular complexity index is 1460. The maximum Gasteiger partial charge on any atom is 0.524 e. The van der Waals surface area contributed by atoms with E-state index in [9.17, 15) is 28.5 Å². The number of hydrogen-bond acceptors (Lipinski definition) is 7. The Labute approximate surface area is 359 Å². The van der Waals surface area contributed by atoms with E-state index < -0.39 is 49.6 Å². The smallest absolute Gasteiger partial charge is 0.404 e. The number of fused-ring (bicyclic) bond motifs is 1. The van der Waals surface area contributed by atoms with E-state index in [0.717, 1.165) is 50.5 Å². The zero-order valence-corrected chi connectivity index (χ0v) is 38.0. The van der Waals surface area contributed by atoms with Gasteiger partial charge in [0.25, 0.3) is 0 Å². The number of hydrogen-bond donors (Lipinski definition) is 6. The minimum atomic E-state index is -4.69. The van der Waals surface area contributed by atoms with Crippen LogP contribution in [0.1, 0.15) is 181 Å². The quantitative estimate of drug-likeness (QED) is 0.0380. The van der Waals surface area contributed by atoms with Crippen LogP contribution in [0, 0.1) is 5.92 Å². The summed E-state index contributed by atoms with van der Waals surface area (Å²) in [5, 5.41) is 8.58. The van der Waals surface area contributed by atoms with Crippen molar-refractivity contribution in [3.05, 3.63) is 29.8 Å². The van der Waals surface area contributed by atoms with Crippen LogP contribution in [-0.2, 0) is 35.0 Å². The maximum absolute atomic E-state index is 14.0. The number of benzene rings is 1. The van der Waals surface area contributed by atoms with E-state index in [1.165, 1.54) is 76.3 Å². The highest BCUT2D eigenvalue weighted by Crippen LogP contribution is 2.37. The predicted molar refractivity (Wildman–Crippen MR) is 236 cm³/mol. The van der Waals surface area contributed by atoms with Crippen molar-refractivity contribution in [3.63, 3.8) is 0 Å². The number of amides is 5. The monoisotopic (exact) mass is 864 g/mol. The number of nitrogens with two attached hydrogens (primary N) is 1. The first-order chi connectivity index (χ1) is 28.7. The van der Waals surface area contributed by atoms with Gasteiger partial charge in [-0.15, -0.1) is 0 Å². The van der Waals surface area contributed by atoms with Gasteiger partial charge in [0.05, 0.1) is 0 Å². The van der Waals surface area contributed by atoms with Gasteiger partial charge >= 0.3 is 7.82 Å². The third-order valence-corrected chi connectivity index (χ3v) is 12.0. The minimum absolute atomic E-state index is 0.00527. The van der Waals surface area contributed by atoms with Gasteiger partial charge in [-0.2, -0.15) is 0 Å². The number of nitrogens with zero attached hydrogens (tertiary/aromatic N) is 1. The number of unbranched alkanes of at least 4 members (excludes halogenated alkanes) is 12. The molecule has 0 spiro atoms. The van der Waals surface area contributed by atoms with Gasteiger partial charge in [-0.25, -0.2) is 4.57 Å². The molecule has 14 nitrogen and oxygen atoms in total. The first kappa shape index (κ1) is 52.7. The Balaban J connectivity index is 0.000000894. The molecule has 15 heteroatoms. The van der Waals surface area contributed by atoms with Crippen molar-refractivity contribution in [2.75, 3.05) is 6.54 Å². The van der Waals surface area contributed by atoms with Crippen LogP contribution in [0.3, 0.4) is 0 Å². The summed E-state index contributed by atoms with van der Waals surface area (Å²) >= 11 is 0. The van der Waals surface area contributed by atoms with Crippen molar-refractivity contribution in [1.82, 2.24) is 20.9 Å². The van der Waals surface area contributed by atoms with E-state index in [4.69, 9.17) is 15.5 Å². The number of carbonyl (C=O) groups excluding carboxylic acids is 5. The third-order valence-electron chi connectivity index (χ3n) is 11.5. The zero-order valence-electron chi connectivity index (χ0n) is 37.1. The fourth-order valence-corrected chi connectivity index (χ4v) is 8.41. The lowest BCUT2D eigenvalue weighted by Gasteiger charge is -2.36. The Morgan fingerprint density at radius 1 is 0.800 bits per heavy atom. The molecule has 3 rings (SSSR count).